The SMILES string of the molecule is O=C(C[n+]1ccc(C(=O)OC(Cl)(Cl)Cl)cc1)c1ccccc1. The predicted octanol–water partition coefficient (Wildman–Crippen LogP) is 3.34. The largest absolute Gasteiger partial charge is 0.411 e. The fraction of sp³-hybridized carbons (Fsp3) is 0.133. The molecule has 2 aromatic rings. The van der Waals surface area contributed by atoms with Crippen molar-refractivity contribution < 1.29 is 18.9 Å². The molecule has 0 aliphatic rings. The summed E-state index contributed by atoms with van der Waals surface area (Å²) in [6.07, 6.45) is 3.16. The number of benzene rings is 1. The molecule has 0 amide bonds. The number of ketones is 1. The molecule has 0 spiro atoms. The Morgan fingerprint density at radius 1 is 0.955 bits per heavy atom. The van der Waals surface area contributed by atoms with E-state index in [-0.39, 0.29) is 17.9 Å². The van der Waals surface area contributed by atoms with E-state index < -0.39 is 9.95 Å². The van der Waals surface area contributed by atoms with Crippen LogP contribution < -0.4 is 4.57 Å². The van der Waals surface area contributed by atoms with E-state index in [1.54, 1.807) is 41.2 Å². The zero-order valence-electron chi connectivity index (χ0n) is 11.2. The Labute approximate surface area is 142 Å². The third kappa shape index (κ3) is 4.98. The number of carbonyl (C=O) groups excluding carboxylic acids is 2. The number of halogens is 3. The molecular formula is C15H11Cl3NO3+. The van der Waals surface area contributed by atoms with E-state index in [0.29, 0.717) is 5.56 Å². The second kappa shape index (κ2) is 7.09. The molecule has 1 aromatic heterocycles. The maximum atomic E-state index is 12.1. The first-order chi connectivity index (χ1) is 10.3. The molecule has 0 saturated carbocycles. The number of hydrogen-bond acceptors (Lipinski definition) is 3. The fourth-order valence-corrected chi connectivity index (χ4v) is 1.95. The van der Waals surface area contributed by atoms with Crippen molar-refractivity contribution in [1.29, 1.82) is 0 Å². The van der Waals surface area contributed by atoms with E-state index in [2.05, 4.69) is 4.74 Å². The number of Topliss-reactive ketones (excluding diaryl/α,β-unsaturated/α-hetero) is 1. The summed E-state index contributed by atoms with van der Waals surface area (Å²) in [5.41, 5.74) is 0.837. The first-order valence-electron chi connectivity index (χ1n) is 6.22. The maximum Gasteiger partial charge on any atom is 0.342 e. The van der Waals surface area contributed by atoms with Gasteiger partial charge in [-0.2, -0.15) is 4.57 Å². The lowest BCUT2D eigenvalue weighted by Gasteiger charge is -2.11. The van der Waals surface area contributed by atoms with Gasteiger partial charge in [-0.05, 0) is 34.8 Å². The number of alkyl halides is 3. The van der Waals surface area contributed by atoms with Crippen LogP contribution in [-0.2, 0) is 11.3 Å². The van der Waals surface area contributed by atoms with Gasteiger partial charge in [0, 0.05) is 17.7 Å². The van der Waals surface area contributed by atoms with Gasteiger partial charge in [0.25, 0.3) is 0 Å². The second-order valence-electron chi connectivity index (χ2n) is 4.38. The minimum Gasteiger partial charge on any atom is -0.411 e. The minimum atomic E-state index is -2.10. The van der Waals surface area contributed by atoms with Gasteiger partial charge in [-0.1, -0.05) is 30.3 Å². The van der Waals surface area contributed by atoms with Crippen molar-refractivity contribution in [2.24, 2.45) is 0 Å². The van der Waals surface area contributed by atoms with Gasteiger partial charge in [0.05, 0.1) is 5.56 Å². The number of carbonyl (C=O) groups is 2. The van der Waals surface area contributed by atoms with Gasteiger partial charge < -0.3 is 4.74 Å². The van der Waals surface area contributed by atoms with Crippen LogP contribution in [0.15, 0.2) is 54.9 Å². The monoisotopic (exact) mass is 358 g/mol. The average Bonchev–Trinajstić information content (AvgIpc) is 2.47. The van der Waals surface area contributed by atoms with Gasteiger partial charge in [0.15, 0.2) is 12.4 Å². The maximum absolute atomic E-state index is 12.1. The Morgan fingerprint density at radius 2 is 1.55 bits per heavy atom. The molecule has 0 bridgehead atoms. The fourth-order valence-electron chi connectivity index (χ4n) is 1.74. The molecule has 1 aromatic carbocycles. The lowest BCUT2D eigenvalue weighted by molar-refractivity contribution is -0.683. The Morgan fingerprint density at radius 3 is 2.09 bits per heavy atom. The Hall–Kier alpha value is -1.62. The molecular weight excluding hydrogens is 349 g/mol. The van der Waals surface area contributed by atoms with E-state index >= 15 is 0 Å². The smallest absolute Gasteiger partial charge is 0.342 e. The molecule has 0 N–H and O–H groups in total. The lowest BCUT2D eigenvalue weighted by atomic mass is 10.1. The van der Waals surface area contributed by atoms with Gasteiger partial charge in [-0.25, -0.2) is 4.79 Å². The minimum absolute atomic E-state index is 0.0396. The summed E-state index contributed by atoms with van der Waals surface area (Å²) in [7, 11) is 0. The zero-order valence-corrected chi connectivity index (χ0v) is 13.5. The van der Waals surface area contributed by atoms with E-state index in [9.17, 15) is 9.59 Å². The van der Waals surface area contributed by atoms with Crippen LogP contribution in [0.3, 0.4) is 0 Å². The topological polar surface area (TPSA) is 47.2 Å². The summed E-state index contributed by atoms with van der Waals surface area (Å²) < 4.78 is 4.13. The first kappa shape index (κ1) is 16.7. The molecule has 0 fully saturated rings. The molecule has 1 heterocycles. The molecule has 0 radical (unpaired) electrons. The number of aromatic nitrogens is 1. The highest BCUT2D eigenvalue weighted by molar-refractivity contribution is 6.66. The number of hydrogen-bond donors (Lipinski definition) is 0. The summed E-state index contributed by atoms with van der Waals surface area (Å²) >= 11 is 16.2. The summed E-state index contributed by atoms with van der Waals surface area (Å²) in [6.45, 7) is 0.157. The van der Waals surface area contributed by atoms with Gasteiger partial charge in [0.1, 0.15) is 0 Å². The van der Waals surface area contributed by atoms with E-state index in [0.717, 1.165) is 0 Å². The van der Waals surface area contributed by atoms with Crippen molar-refractivity contribution in [2.45, 2.75) is 10.5 Å². The third-order valence-corrected chi connectivity index (χ3v) is 2.99. The number of ether oxygens (including phenoxy) is 1. The third-order valence-electron chi connectivity index (χ3n) is 2.76. The average molecular weight is 360 g/mol. The Kier molecular flexibility index (Phi) is 5.40. The van der Waals surface area contributed by atoms with Crippen molar-refractivity contribution >= 4 is 46.6 Å². The van der Waals surface area contributed by atoms with E-state index in [1.165, 1.54) is 12.1 Å². The standard InChI is InChI=1S/C15H11Cl3NO3/c16-15(17,18)22-14(21)12-6-8-19(9-7-12)10-13(20)11-4-2-1-3-5-11/h1-9H,10H2/q+1. The van der Waals surface area contributed by atoms with Crippen LogP contribution in [0.25, 0.3) is 0 Å². The quantitative estimate of drug-likeness (QED) is 0.364. The molecule has 22 heavy (non-hydrogen) atoms. The highest BCUT2D eigenvalue weighted by Gasteiger charge is 2.26. The molecule has 2 rings (SSSR count). The van der Waals surface area contributed by atoms with Crippen molar-refractivity contribution in [3.05, 3.63) is 66.0 Å². The Balaban J connectivity index is 2.03. The van der Waals surface area contributed by atoms with E-state index in [4.69, 9.17) is 34.8 Å². The molecule has 0 saturated heterocycles. The normalized spacial score (nSPS) is 11.0. The summed E-state index contributed by atoms with van der Waals surface area (Å²) in [5, 5.41) is 0. The predicted molar refractivity (Wildman–Crippen MR) is 83.1 cm³/mol. The summed E-state index contributed by atoms with van der Waals surface area (Å²) in [5.74, 6) is -0.802. The highest BCUT2D eigenvalue weighted by atomic mass is 35.6. The number of esters is 1. The van der Waals surface area contributed by atoms with Crippen LogP contribution in [0.5, 0.6) is 0 Å². The summed E-state index contributed by atoms with van der Waals surface area (Å²) in [6, 6.07) is 11.9. The zero-order chi connectivity index (χ0) is 16.2. The van der Waals surface area contributed by atoms with Crippen molar-refractivity contribution in [3.8, 4) is 0 Å². The molecule has 0 aliphatic heterocycles. The van der Waals surface area contributed by atoms with Crippen LogP contribution in [0.4, 0.5) is 0 Å². The van der Waals surface area contributed by atoms with Crippen molar-refractivity contribution in [2.75, 3.05) is 0 Å². The number of nitrogens with zero attached hydrogens (tertiary/aromatic N) is 1. The van der Waals surface area contributed by atoms with Gasteiger partial charge >= 0.3 is 9.95 Å². The van der Waals surface area contributed by atoms with Crippen LogP contribution in [-0.4, -0.2) is 15.7 Å². The van der Waals surface area contributed by atoms with Crippen LogP contribution in [0, 0.1) is 0 Å². The second-order valence-corrected chi connectivity index (χ2v) is 6.56. The first-order valence-corrected chi connectivity index (χ1v) is 7.36. The Bertz CT molecular complexity index is 667. The summed E-state index contributed by atoms with van der Waals surface area (Å²) in [4.78, 5) is 23.7. The van der Waals surface area contributed by atoms with Crippen LogP contribution >= 0.6 is 34.8 Å². The highest BCUT2D eigenvalue weighted by Crippen LogP contribution is 2.28. The molecule has 0 aliphatic carbocycles. The van der Waals surface area contributed by atoms with Gasteiger partial charge in [-0.15, -0.1) is 0 Å². The van der Waals surface area contributed by atoms with Gasteiger partial charge in [0.2, 0.25) is 12.3 Å². The van der Waals surface area contributed by atoms with Crippen molar-refractivity contribution in [1.82, 2.24) is 0 Å². The number of rotatable bonds is 4. The molecule has 0 atom stereocenters. The lowest BCUT2D eigenvalue weighted by Crippen LogP contribution is -2.37. The molecule has 4 nitrogen and oxygen atoms in total. The molecule has 0 unspecified atom stereocenters. The molecule has 7 heteroatoms. The number of pyridine rings is 1. The van der Waals surface area contributed by atoms with Crippen molar-refractivity contribution in [3.63, 3.8) is 0 Å². The van der Waals surface area contributed by atoms with E-state index in [1.807, 2.05) is 6.07 Å². The van der Waals surface area contributed by atoms with Crippen LogP contribution in [0.2, 0.25) is 0 Å². The van der Waals surface area contributed by atoms with Gasteiger partial charge in [-0.3, -0.25) is 4.79 Å². The molecule has 114 valence electrons. The van der Waals surface area contributed by atoms with Crippen LogP contribution in [0.1, 0.15) is 20.7 Å².